The van der Waals surface area contributed by atoms with Crippen LogP contribution in [0.25, 0.3) is 0 Å². The van der Waals surface area contributed by atoms with Crippen molar-refractivity contribution in [3.8, 4) is 23.0 Å². The van der Waals surface area contributed by atoms with Gasteiger partial charge < -0.3 is 34.0 Å². The number of allylic oxidation sites excluding steroid dienone is 1. The van der Waals surface area contributed by atoms with Gasteiger partial charge in [-0.3, -0.25) is 15.0 Å². The van der Waals surface area contributed by atoms with Gasteiger partial charge in [0.05, 0.1) is 23.2 Å². The summed E-state index contributed by atoms with van der Waals surface area (Å²) in [7, 11) is 1.50. The predicted molar refractivity (Wildman–Crippen MR) is 226 cm³/mol. The highest BCUT2D eigenvalue weighted by atomic mass is 32.2. The Morgan fingerprint density at radius 1 is 1.03 bits per heavy atom. The first-order valence-electron chi connectivity index (χ1n) is 20.4. The summed E-state index contributed by atoms with van der Waals surface area (Å²) in [6.07, 6.45) is 10.6. The van der Waals surface area contributed by atoms with E-state index in [1.165, 1.54) is 31.4 Å². The zero-order valence-electron chi connectivity index (χ0n) is 34.0. The van der Waals surface area contributed by atoms with Crippen molar-refractivity contribution < 1.29 is 43.7 Å². The van der Waals surface area contributed by atoms with E-state index in [1.54, 1.807) is 22.7 Å². The smallest absolute Gasteiger partial charge is 0.415 e. The van der Waals surface area contributed by atoms with Crippen molar-refractivity contribution in [1.29, 1.82) is 0 Å². The van der Waals surface area contributed by atoms with Gasteiger partial charge in [0, 0.05) is 54.7 Å². The number of nitro groups is 1. The number of thioether (sulfide) groups is 1. The number of nitrogens with zero attached hydrogens (tertiary/aromatic N) is 3. The van der Waals surface area contributed by atoms with Crippen LogP contribution in [0.1, 0.15) is 69.8 Å². The van der Waals surface area contributed by atoms with Crippen LogP contribution in [0.5, 0.6) is 23.0 Å². The topological polar surface area (TPSA) is 162 Å². The summed E-state index contributed by atoms with van der Waals surface area (Å²) in [4.78, 5) is 33.6. The molecule has 0 saturated heterocycles. The number of hydrogen-bond donors (Lipinski definition) is 2. The number of benzene rings is 3. The summed E-state index contributed by atoms with van der Waals surface area (Å²) < 4.78 is 26.6. The fourth-order valence-corrected chi connectivity index (χ4v) is 9.42. The molecule has 59 heavy (non-hydrogen) atoms. The second-order valence-corrected chi connectivity index (χ2v) is 15.9. The van der Waals surface area contributed by atoms with Gasteiger partial charge in [0.15, 0.2) is 0 Å². The van der Waals surface area contributed by atoms with E-state index < -0.39 is 28.8 Å². The molecular formula is C45H55N3O10S. The summed E-state index contributed by atoms with van der Waals surface area (Å²) in [6.45, 7) is 6.50. The van der Waals surface area contributed by atoms with Crippen molar-refractivity contribution in [2.24, 2.45) is 22.9 Å². The molecule has 6 unspecified atom stereocenters. The Bertz CT molecular complexity index is 1970. The van der Waals surface area contributed by atoms with Gasteiger partial charge in [0.25, 0.3) is 5.69 Å². The number of non-ortho nitro benzene ring substituents is 1. The summed E-state index contributed by atoms with van der Waals surface area (Å²) in [5, 5.41) is 35.7. The summed E-state index contributed by atoms with van der Waals surface area (Å²) in [6, 6.07) is 18.4. The van der Waals surface area contributed by atoms with Gasteiger partial charge in [-0.15, -0.1) is 18.3 Å². The van der Waals surface area contributed by atoms with E-state index >= 15 is 0 Å². The maximum absolute atomic E-state index is 14.5. The van der Waals surface area contributed by atoms with Crippen LogP contribution in [0.3, 0.4) is 0 Å². The van der Waals surface area contributed by atoms with Crippen molar-refractivity contribution in [2.75, 3.05) is 39.7 Å². The molecule has 6 rings (SSSR count). The molecule has 1 heterocycles. The summed E-state index contributed by atoms with van der Waals surface area (Å²) in [5.74, 6) is -0.00221. The molecule has 1 saturated carbocycles. The zero-order chi connectivity index (χ0) is 41.9. The van der Waals surface area contributed by atoms with Gasteiger partial charge in [0.1, 0.15) is 36.1 Å². The molecule has 3 aromatic rings. The normalized spacial score (nSPS) is 23.6. The lowest BCUT2D eigenvalue weighted by molar-refractivity contribution is -0.384. The maximum atomic E-state index is 14.5. The van der Waals surface area contributed by atoms with Crippen LogP contribution < -0.4 is 14.2 Å². The number of carbonyl (C=O) groups is 1. The van der Waals surface area contributed by atoms with Crippen LogP contribution in [0, 0.1) is 27.9 Å². The number of aliphatic hydroxyl groups is 2. The molecule has 3 aliphatic rings. The molecular weight excluding hydrogens is 775 g/mol. The highest BCUT2D eigenvalue weighted by Crippen LogP contribution is 2.62. The van der Waals surface area contributed by atoms with E-state index in [-0.39, 0.29) is 62.0 Å². The van der Waals surface area contributed by atoms with Crippen LogP contribution in [0.2, 0.25) is 0 Å². The molecule has 13 nitrogen and oxygen atoms in total. The number of rotatable bonds is 20. The van der Waals surface area contributed by atoms with Gasteiger partial charge in [-0.1, -0.05) is 37.1 Å². The average Bonchev–Trinajstić information content (AvgIpc) is 3.24. The summed E-state index contributed by atoms with van der Waals surface area (Å²) in [5.41, 5.74) is 2.38. The van der Waals surface area contributed by atoms with Crippen LogP contribution in [0.4, 0.5) is 10.5 Å². The standard InChI is InChI=1S/C45H55N3O10S/c1-5-23-47(44(51)57-33-15-13-31(14-16-33)48(52)53)41-29-39(46-54-3)37-27-30(11-7-9-24-49)36(12-8-10-25-50)42-38-28-34(56-32-17-20-35(59-4)21-18-32)19-22-40(38)58-45(41,43(37)42)55-26-6-2/h6,13-22,27-28,30,36,41-43,49-50H,2,5,7-12,23-26,29H2,1,3-4H3. The third-order valence-corrected chi connectivity index (χ3v) is 12.2. The zero-order valence-corrected chi connectivity index (χ0v) is 34.8. The number of fused-ring (bicyclic) bond motifs is 2. The van der Waals surface area contributed by atoms with Crippen molar-refractivity contribution in [2.45, 2.75) is 80.9 Å². The van der Waals surface area contributed by atoms with E-state index in [9.17, 15) is 25.1 Å². The monoisotopic (exact) mass is 829 g/mol. The van der Waals surface area contributed by atoms with E-state index in [0.29, 0.717) is 42.2 Å². The first kappa shape index (κ1) is 43.7. The number of aliphatic hydroxyl groups excluding tert-OH is 2. The fraction of sp³-hybridized carbons (Fsp3) is 0.467. The van der Waals surface area contributed by atoms with Crippen molar-refractivity contribution in [1.82, 2.24) is 4.90 Å². The van der Waals surface area contributed by atoms with Gasteiger partial charge in [-0.2, -0.15) is 0 Å². The molecule has 0 bridgehead atoms. The Labute approximate surface area is 350 Å². The van der Waals surface area contributed by atoms with Crippen molar-refractivity contribution in [3.63, 3.8) is 0 Å². The minimum atomic E-state index is -1.46. The number of carbonyl (C=O) groups excluding carboxylic acids is 1. The minimum Gasteiger partial charge on any atom is -0.459 e. The molecule has 6 atom stereocenters. The lowest BCUT2D eigenvalue weighted by Crippen LogP contribution is -2.70. The minimum absolute atomic E-state index is 0.0358. The molecule has 1 fully saturated rings. The van der Waals surface area contributed by atoms with Gasteiger partial charge in [0.2, 0.25) is 5.79 Å². The largest absolute Gasteiger partial charge is 0.459 e. The van der Waals surface area contributed by atoms with E-state index in [4.69, 9.17) is 23.8 Å². The average molecular weight is 830 g/mol. The number of oxime groups is 1. The molecule has 0 spiro atoms. The van der Waals surface area contributed by atoms with E-state index in [2.05, 4.69) is 23.9 Å². The highest BCUT2D eigenvalue weighted by Gasteiger charge is 2.65. The highest BCUT2D eigenvalue weighted by molar-refractivity contribution is 7.98. The number of amides is 1. The molecule has 1 aliphatic heterocycles. The van der Waals surface area contributed by atoms with Crippen LogP contribution in [-0.4, -0.2) is 83.4 Å². The Hall–Kier alpha value is -4.89. The van der Waals surface area contributed by atoms with Gasteiger partial charge in [-0.25, -0.2) is 4.79 Å². The third-order valence-electron chi connectivity index (χ3n) is 11.5. The molecule has 316 valence electrons. The second-order valence-electron chi connectivity index (χ2n) is 15.0. The van der Waals surface area contributed by atoms with Crippen molar-refractivity contribution in [3.05, 3.63) is 107 Å². The van der Waals surface area contributed by atoms with Gasteiger partial charge in [-0.05, 0) is 110 Å². The molecule has 0 aromatic heterocycles. The van der Waals surface area contributed by atoms with E-state index in [0.717, 1.165) is 41.7 Å². The van der Waals surface area contributed by atoms with E-state index in [1.807, 2.05) is 49.6 Å². The quantitative estimate of drug-likeness (QED) is 0.0367. The fourth-order valence-electron chi connectivity index (χ4n) is 9.01. The van der Waals surface area contributed by atoms with Crippen LogP contribution in [0.15, 0.2) is 101 Å². The lowest BCUT2D eigenvalue weighted by Gasteiger charge is -2.59. The predicted octanol–water partition coefficient (Wildman–Crippen LogP) is 9.28. The maximum Gasteiger partial charge on any atom is 0.415 e. The number of unbranched alkanes of at least 4 members (excludes halogenated alkanes) is 2. The Balaban J connectivity index is 1.53. The molecule has 1 amide bonds. The molecule has 2 aliphatic carbocycles. The lowest BCUT2D eigenvalue weighted by atomic mass is 9.55. The molecule has 2 N–H and O–H groups in total. The molecule has 14 heteroatoms. The molecule has 3 aromatic carbocycles. The third kappa shape index (κ3) is 9.62. The number of hydrogen-bond acceptors (Lipinski definition) is 12. The van der Waals surface area contributed by atoms with Gasteiger partial charge >= 0.3 is 6.09 Å². The Morgan fingerprint density at radius 2 is 1.73 bits per heavy atom. The first-order valence-corrected chi connectivity index (χ1v) is 21.6. The Morgan fingerprint density at radius 3 is 2.37 bits per heavy atom. The summed E-state index contributed by atoms with van der Waals surface area (Å²) >= 11 is 1.66. The first-order chi connectivity index (χ1) is 28.7. The Kier molecular flexibility index (Phi) is 15.1. The second kappa shape index (κ2) is 20.4. The van der Waals surface area contributed by atoms with Crippen LogP contribution in [-0.2, 0) is 9.57 Å². The van der Waals surface area contributed by atoms with Crippen LogP contribution >= 0.6 is 11.8 Å². The SMILES string of the molecule is C=CCOC12Oc3ccc(Oc4ccc(SC)cc4)cc3C3C(CCCCO)C(CCCCO)C=C(C(=NOC)CC1N(CCC)C(=O)Oc1ccc([N+](=O)[O-])cc1)C32. The number of ether oxygens (including phenoxy) is 4. The molecule has 0 radical (unpaired) electrons. The number of nitro benzene ring substituents is 1. The van der Waals surface area contributed by atoms with Crippen molar-refractivity contribution >= 4 is 29.3 Å².